The fourth-order valence-corrected chi connectivity index (χ4v) is 0.961. The van der Waals surface area contributed by atoms with Gasteiger partial charge in [-0.05, 0) is 38.5 Å². The van der Waals surface area contributed by atoms with Gasteiger partial charge in [-0.2, -0.15) is 0 Å². The fraction of sp³-hybridized carbons (Fsp3) is 0.625. The van der Waals surface area contributed by atoms with Gasteiger partial charge in [0, 0.05) is 0 Å². The molecule has 0 saturated carbocycles. The number of hydrogen-bond acceptors (Lipinski definition) is 1. The van der Waals surface area contributed by atoms with Crippen LogP contribution in [0.1, 0.15) is 61.0 Å². The first-order valence-electron chi connectivity index (χ1n) is 6.92. The van der Waals surface area contributed by atoms with Gasteiger partial charge >= 0.3 is 0 Å². The topological polar surface area (TPSA) is 9.23 Å². The highest BCUT2D eigenvalue weighted by Gasteiger charge is 1.95. The zero-order valence-electron chi connectivity index (χ0n) is 13.3. The van der Waals surface area contributed by atoms with Crippen molar-refractivity contribution >= 4 is 0 Å². The van der Waals surface area contributed by atoms with Crippen molar-refractivity contribution < 1.29 is 4.74 Å². The Labute approximate surface area is 109 Å². The molecule has 0 atom stereocenters. The maximum Gasteiger partial charge on any atom is 0.119 e. The highest BCUT2D eigenvalue weighted by molar-refractivity contribution is 5.27. The van der Waals surface area contributed by atoms with E-state index in [-0.39, 0.29) is 6.10 Å². The lowest BCUT2D eigenvalue weighted by atomic mass is 10.2. The van der Waals surface area contributed by atoms with E-state index in [9.17, 15) is 0 Å². The molecule has 0 unspecified atom stereocenters. The molecule has 1 aromatic carbocycles. The second kappa shape index (κ2) is 17.4. The van der Waals surface area contributed by atoms with E-state index in [0.717, 1.165) is 5.75 Å². The Bertz CT molecular complexity index is 229. The summed E-state index contributed by atoms with van der Waals surface area (Å²) in [5.74, 6) is 0.958. The van der Waals surface area contributed by atoms with Crippen LogP contribution in [0, 0.1) is 6.92 Å². The van der Waals surface area contributed by atoms with Crippen LogP contribution in [0.4, 0.5) is 0 Å². The molecule has 1 rings (SSSR count). The molecule has 1 heteroatoms. The van der Waals surface area contributed by atoms with Gasteiger partial charge in [-0.3, -0.25) is 0 Å². The smallest absolute Gasteiger partial charge is 0.119 e. The molecule has 1 nitrogen and oxygen atoms in total. The van der Waals surface area contributed by atoms with Crippen LogP contribution >= 0.6 is 0 Å². The van der Waals surface area contributed by atoms with Crippen LogP contribution in [-0.2, 0) is 0 Å². The average Bonchev–Trinajstić information content (AvgIpc) is 2.36. The summed E-state index contributed by atoms with van der Waals surface area (Å²) in [5.41, 5.74) is 1.24. The molecule has 17 heavy (non-hydrogen) atoms. The first kappa shape index (κ1) is 21.3. The zero-order chi connectivity index (χ0) is 14.3. The Morgan fingerprint density at radius 2 is 1.35 bits per heavy atom. The van der Waals surface area contributed by atoms with Gasteiger partial charge in [0.15, 0.2) is 0 Å². The van der Waals surface area contributed by atoms with Crippen LogP contribution in [0.2, 0.25) is 0 Å². The van der Waals surface area contributed by atoms with E-state index >= 15 is 0 Å². The first-order valence-corrected chi connectivity index (χ1v) is 6.92. The lowest BCUT2D eigenvalue weighted by Gasteiger charge is -2.09. The Morgan fingerprint density at radius 1 is 0.882 bits per heavy atom. The van der Waals surface area contributed by atoms with E-state index in [4.69, 9.17) is 4.74 Å². The van der Waals surface area contributed by atoms with Crippen molar-refractivity contribution in [1.29, 1.82) is 0 Å². The van der Waals surface area contributed by atoms with Gasteiger partial charge in [-0.25, -0.2) is 0 Å². The number of ether oxygens (including phenoxy) is 1. The van der Waals surface area contributed by atoms with Gasteiger partial charge in [0.2, 0.25) is 0 Å². The molecule has 0 bridgehead atoms. The summed E-state index contributed by atoms with van der Waals surface area (Å²) >= 11 is 0. The third-order valence-corrected chi connectivity index (χ3v) is 1.36. The van der Waals surface area contributed by atoms with Gasteiger partial charge in [-0.1, -0.05) is 53.7 Å². The van der Waals surface area contributed by atoms with Crippen molar-refractivity contribution in [2.24, 2.45) is 0 Å². The van der Waals surface area contributed by atoms with Crippen molar-refractivity contribution in [1.82, 2.24) is 0 Å². The normalized spacial score (nSPS) is 7.65. The molecule has 0 saturated heterocycles. The van der Waals surface area contributed by atoms with Gasteiger partial charge in [0.25, 0.3) is 0 Å². The summed E-state index contributed by atoms with van der Waals surface area (Å²) in [6.45, 7) is 18.1. The fourth-order valence-electron chi connectivity index (χ4n) is 0.961. The van der Waals surface area contributed by atoms with Crippen molar-refractivity contribution in [3.8, 4) is 5.75 Å². The number of hydrogen-bond donors (Lipinski definition) is 0. The molecule has 0 amide bonds. The van der Waals surface area contributed by atoms with E-state index < -0.39 is 0 Å². The minimum Gasteiger partial charge on any atom is -0.491 e. The SMILES string of the molecule is CC.CC.CC.Cc1cccc(OC(C)C)c1. The molecule has 0 aliphatic rings. The predicted octanol–water partition coefficient (Wildman–Crippen LogP) is 5.86. The van der Waals surface area contributed by atoms with E-state index in [1.807, 2.05) is 73.6 Å². The van der Waals surface area contributed by atoms with Gasteiger partial charge in [-0.15, -0.1) is 0 Å². The third kappa shape index (κ3) is 15.0. The highest BCUT2D eigenvalue weighted by atomic mass is 16.5. The summed E-state index contributed by atoms with van der Waals surface area (Å²) in [4.78, 5) is 0. The van der Waals surface area contributed by atoms with Crippen LogP contribution < -0.4 is 4.74 Å². The van der Waals surface area contributed by atoms with Crippen molar-refractivity contribution in [2.45, 2.75) is 68.4 Å². The number of benzene rings is 1. The summed E-state index contributed by atoms with van der Waals surface area (Å²) in [6.07, 6.45) is 0.261. The molecule has 0 aliphatic carbocycles. The summed E-state index contributed by atoms with van der Waals surface area (Å²) in [7, 11) is 0. The number of aryl methyl sites for hydroxylation is 1. The van der Waals surface area contributed by atoms with Crippen LogP contribution in [0.3, 0.4) is 0 Å². The van der Waals surface area contributed by atoms with E-state index in [2.05, 4.69) is 13.0 Å². The van der Waals surface area contributed by atoms with Crippen LogP contribution in [0.25, 0.3) is 0 Å². The maximum atomic E-state index is 5.50. The molecule has 0 heterocycles. The number of rotatable bonds is 2. The molecule has 102 valence electrons. The molecule has 0 radical (unpaired) electrons. The summed E-state index contributed by atoms with van der Waals surface area (Å²) in [5, 5.41) is 0. The third-order valence-electron chi connectivity index (χ3n) is 1.36. The largest absolute Gasteiger partial charge is 0.491 e. The molecule has 0 spiro atoms. The Morgan fingerprint density at radius 3 is 1.71 bits per heavy atom. The predicted molar refractivity (Wildman–Crippen MR) is 81.0 cm³/mol. The Hall–Kier alpha value is -0.980. The lowest BCUT2D eigenvalue weighted by molar-refractivity contribution is 0.242. The molecular formula is C16H32O. The zero-order valence-corrected chi connectivity index (χ0v) is 13.3. The Balaban J connectivity index is -0.000000285. The molecule has 0 aromatic heterocycles. The van der Waals surface area contributed by atoms with Crippen molar-refractivity contribution in [3.05, 3.63) is 29.8 Å². The maximum absolute atomic E-state index is 5.50. The molecule has 1 aromatic rings. The van der Waals surface area contributed by atoms with E-state index in [0.29, 0.717) is 0 Å². The van der Waals surface area contributed by atoms with Crippen LogP contribution in [0.5, 0.6) is 5.75 Å². The first-order chi connectivity index (χ1) is 8.18. The lowest BCUT2D eigenvalue weighted by Crippen LogP contribution is -2.05. The van der Waals surface area contributed by atoms with Crippen molar-refractivity contribution in [3.63, 3.8) is 0 Å². The van der Waals surface area contributed by atoms with E-state index in [1.54, 1.807) is 0 Å². The van der Waals surface area contributed by atoms with Crippen LogP contribution in [0.15, 0.2) is 24.3 Å². The minimum absolute atomic E-state index is 0.261. The molecular weight excluding hydrogens is 208 g/mol. The van der Waals surface area contributed by atoms with Gasteiger partial charge < -0.3 is 4.74 Å². The molecule has 0 aliphatic heterocycles. The highest BCUT2D eigenvalue weighted by Crippen LogP contribution is 2.13. The van der Waals surface area contributed by atoms with Crippen molar-refractivity contribution in [2.75, 3.05) is 0 Å². The summed E-state index contributed by atoms with van der Waals surface area (Å²) in [6, 6.07) is 8.09. The van der Waals surface area contributed by atoms with Gasteiger partial charge in [0.1, 0.15) is 5.75 Å². The monoisotopic (exact) mass is 240 g/mol. The minimum atomic E-state index is 0.261. The second-order valence-electron chi connectivity index (χ2n) is 2.98. The molecule has 0 N–H and O–H groups in total. The molecule has 0 fully saturated rings. The van der Waals surface area contributed by atoms with Crippen LogP contribution in [-0.4, -0.2) is 6.10 Å². The second-order valence-corrected chi connectivity index (χ2v) is 2.98. The quantitative estimate of drug-likeness (QED) is 0.629. The standard InChI is InChI=1S/C10H14O.3C2H6/c1-8(2)11-10-6-4-5-9(3)7-10;3*1-2/h4-8H,1-3H3;3*1-2H3. The van der Waals surface area contributed by atoms with E-state index in [1.165, 1.54) is 5.56 Å². The summed E-state index contributed by atoms with van der Waals surface area (Å²) < 4.78 is 5.50. The van der Waals surface area contributed by atoms with Gasteiger partial charge in [0.05, 0.1) is 6.10 Å². The Kier molecular flexibility index (Phi) is 21.8. The average molecular weight is 240 g/mol.